The zero-order chi connectivity index (χ0) is 48.6. The minimum Gasteiger partial charge on any atom is -0.462 e. The molecule has 0 bridgehead atoms. The molecule has 67 heavy (non-hydrogen) atoms. The highest BCUT2D eigenvalue weighted by Gasteiger charge is 2.19. The van der Waals surface area contributed by atoms with E-state index in [1.807, 2.05) is 12.2 Å². The van der Waals surface area contributed by atoms with Gasteiger partial charge >= 0.3 is 17.9 Å². The monoisotopic (exact) mass is 923 g/mol. The van der Waals surface area contributed by atoms with Gasteiger partial charge in [0.05, 0.1) is 0 Å². The van der Waals surface area contributed by atoms with Gasteiger partial charge in [-0.25, -0.2) is 0 Å². The van der Waals surface area contributed by atoms with Gasteiger partial charge in [-0.3, -0.25) is 14.4 Å². The number of carbonyl (C=O) groups is 3. The molecule has 0 amide bonds. The molecular formula is C61H94O6. The summed E-state index contributed by atoms with van der Waals surface area (Å²) in [5, 5.41) is 0. The summed E-state index contributed by atoms with van der Waals surface area (Å²) in [5.41, 5.74) is 0. The van der Waals surface area contributed by atoms with E-state index in [0.29, 0.717) is 19.3 Å². The lowest BCUT2D eigenvalue weighted by Crippen LogP contribution is -2.30. The molecule has 0 aliphatic carbocycles. The summed E-state index contributed by atoms with van der Waals surface area (Å²) < 4.78 is 16.7. The number of carbonyl (C=O) groups excluding carboxylic acids is 3. The van der Waals surface area contributed by atoms with Crippen molar-refractivity contribution in [1.29, 1.82) is 0 Å². The Kier molecular flexibility index (Phi) is 50.1. The Morgan fingerprint density at radius 3 is 0.896 bits per heavy atom. The average Bonchev–Trinajstić information content (AvgIpc) is 3.33. The quantitative estimate of drug-likeness (QED) is 0.0262. The molecule has 0 fully saturated rings. The number of hydrogen-bond acceptors (Lipinski definition) is 6. The van der Waals surface area contributed by atoms with Crippen LogP contribution in [0.5, 0.6) is 0 Å². The summed E-state index contributed by atoms with van der Waals surface area (Å²) in [6.07, 6.45) is 77.0. The second-order valence-electron chi connectivity index (χ2n) is 16.6. The van der Waals surface area contributed by atoms with Gasteiger partial charge in [0.1, 0.15) is 13.2 Å². The molecule has 6 heteroatoms. The Balaban J connectivity index is 4.57. The summed E-state index contributed by atoms with van der Waals surface area (Å²) in [5.74, 6) is -1.06. The van der Waals surface area contributed by atoms with E-state index in [-0.39, 0.29) is 31.6 Å². The molecule has 0 aliphatic heterocycles. The van der Waals surface area contributed by atoms with Gasteiger partial charge in [-0.15, -0.1) is 0 Å². The van der Waals surface area contributed by atoms with E-state index in [0.717, 1.165) is 141 Å². The molecule has 0 aliphatic rings. The van der Waals surface area contributed by atoms with Gasteiger partial charge in [0.25, 0.3) is 0 Å². The molecule has 1 atom stereocenters. The standard InChI is InChI=1S/C61H94O6/c1-4-7-10-13-16-19-22-25-28-30-31-32-34-36-39-42-45-48-51-54-60(63)66-57-58(56-65-59(62)53-50-47-44-41-38-35-27-24-21-18-15-12-9-6-3)67-61(64)55-52-49-46-43-40-37-33-29-26-23-20-17-14-11-8-5-2/h7-12,16-21,25-29,31-32,35,37,40,46,49,58H,4-6,13-15,22-24,30,33-34,36,38-39,41-45,47-48,50-57H2,1-3H3/b10-7-,11-8-,12-9-,19-16-,20-17-,21-18-,28-25-,29-26-,32-31-,35-27-,40-37-,49-46-. The van der Waals surface area contributed by atoms with E-state index >= 15 is 0 Å². The van der Waals surface area contributed by atoms with Crippen LogP contribution in [0.15, 0.2) is 146 Å². The Morgan fingerprint density at radius 2 is 0.567 bits per heavy atom. The predicted octanol–water partition coefficient (Wildman–Crippen LogP) is 17.6. The second-order valence-corrected chi connectivity index (χ2v) is 16.6. The molecule has 0 rings (SSSR count). The first-order chi connectivity index (χ1) is 33.0. The van der Waals surface area contributed by atoms with Gasteiger partial charge in [0.2, 0.25) is 0 Å². The fourth-order valence-electron chi connectivity index (χ4n) is 6.49. The first kappa shape index (κ1) is 62.3. The van der Waals surface area contributed by atoms with Crippen molar-refractivity contribution in [3.05, 3.63) is 146 Å². The SMILES string of the molecule is CC/C=C\C/C=C\C/C=C\C/C=C\C/C=C\CCC(=O)OC(COC(=O)CCCCCC/C=C\C/C=C\C/C=C\CC)COC(=O)CCCCCCCC/C=C\C/C=C\C/C=C\C/C=C\CC. The molecule has 6 nitrogen and oxygen atoms in total. The third-order valence-corrected chi connectivity index (χ3v) is 10.3. The van der Waals surface area contributed by atoms with Crippen LogP contribution >= 0.6 is 0 Å². The second kappa shape index (κ2) is 53.9. The van der Waals surface area contributed by atoms with Crippen molar-refractivity contribution in [2.75, 3.05) is 13.2 Å². The number of hydrogen-bond donors (Lipinski definition) is 0. The molecule has 0 aromatic carbocycles. The highest BCUT2D eigenvalue weighted by Crippen LogP contribution is 2.12. The van der Waals surface area contributed by atoms with Crippen LogP contribution in [-0.2, 0) is 28.6 Å². The highest BCUT2D eigenvalue weighted by molar-refractivity contribution is 5.71. The van der Waals surface area contributed by atoms with E-state index in [4.69, 9.17) is 14.2 Å². The van der Waals surface area contributed by atoms with Crippen molar-refractivity contribution < 1.29 is 28.6 Å². The number of unbranched alkanes of at least 4 members (excludes halogenated alkanes) is 10. The summed E-state index contributed by atoms with van der Waals surface area (Å²) in [4.78, 5) is 38.0. The zero-order valence-corrected chi connectivity index (χ0v) is 42.6. The maximum absolute atomic E-state index is 12.8. The Hall–Kier alpha value is -4.71. The van der Waals surface area contributed by atoms with Crippen molar-refractivity contribution in [2.24, 2.45) is 0 Å². The maximum atomic E-state index is 12.8. The molecule has 0 heterocycles. The third kappa shape index (κ3) is 52.1. The molecule has 0 aromatic rings. The van der Waals surface area contributed by atoms with Crippen LogP contribution in [0.2, 0.25) is 0 Å². The van der Waals surface area contributed by atoms with E-state index in [1.165, 1.54) is 12.8 Å². The summed E-state index contributed by atoms with van der Waals surface area (Å²) in [7, 11) is 0. The summed E-state index contributed by atoms with van der Waals surface area (Å²) in [6.45, 7) is 6.18. The fourth-order valence-corrected chi connectivity index (χ4v) is 6.49. The molecular weight excluding hydrogens is 829 g/mol. The number of allylic oxidation sites excluding steroid dienone is 24. The topological polar surface area (TPSA) is 78.9 Å². The predicted molar refractivity (Wildman–Crippen MR) is 288 cm³/mol. The normalized spacial score (nSPS) is 13.3. The molecule has 0 saturated heterocycles. The van der Waals surface area contributed by atoms with Crippen molar-refractivity contribution in [1.82, 2.24) is 0 Å². The Morgan fingerprint density at radius 1 is 0.299 bits per heavy atom. The first-order valence-corrected chi connectivity index (χ1v) is 26.3. The lowest BCUT2D eigenvalue weighted by atomic mass is 10.1. The molecule has 374 valence electrons. The van der Waals surface area contributed by atoms with Crippen LogP contribution in [0, 0.1) is 0 Å². The largest absolute Gasteiger partial charge is 0.462 e. The van der Waals surface area contributed by atoms with Crippen LogP contribution in [0.4, 0.5) is 0 Å². The minimum atomic E-state index is -0.839. The van der Waals surface area contributed by atoms with Crippen LogP contribution in [0.25, 0.3) is 0 Å². The van der Waals surface area contributed by atoms with E-state index in [9.17, 15) is 14.4 Å². The third-order valence-electron chi connectivity index (χ3n) is 10.3. The Bertz CT molecular complexity index is 1530. The van der Waals surface area contributed by atoms with Crippen molar-refractivity contribution in [2.45, 2.75) is 207 Å². The zero-order valence-electron chi connectivity index (χ0n) is 42.6. The van der Waals surface area contributed by atoms with Gasteiger partial charge < -0.3 is 14.2 Å². The molecule has 0 radical (unpaired) electrons. The molecule has 1 unspecified atom stereocenters. The van der Waals surface area contributed by atoms with Crippen LogP contribution in [-0.4, -0.2) is 37.2 Å². The van der Waals surface area contributed by atoms with Gasteiger partial charge in [-0.1, -0.05) is 205 Å². The molecule has 0 aromatic heterocycles. The minimum absolute atomic E-state index is 0.129. The van der Waals surface area contributed by atoms with Crippen molar-refractivity contribution in [3.8, 4) is 0 Å². The number of rotatable bonds is 45. The number of ether oxygens (including phenoxy) is 3. The van der Waals surface area contributed by atoms with Crippen LogP contribution in [0.1, 0.15) is 201 Å². The summed E-state index contributed by atoms with van der Waals surface area (Å²) >= 11 is 0. The van der Waals surface area contributed by atoms with Crippen LogP contribution < -0.4 is 0 Å². The first-order valence-electron chi connectivity index (χ1n) is 26.3. The van der Waals surface area contributed by atoms with Gasteiger partial charge in [-0.05, 0) is 122 Å². The number of esters is 3. The highest BCUT2D eigenvalue weighted by atomic mass is 16.6. The van der Waals surface area contributed by atoms with E-state index < -0.39 is 12.1 Å². The lowest BCUT2D eigenvalue weighted by Gasteiger charge is -2.18. The van der Waals surface area contributed by atoms with Gasteiger partial charge in [0.15, 0.2) is 6.10 Å². The summed E-state index contributed by atoms with van der Waals surface area (Å²) in [6, 6.07) is 0. The average molecular weight is 923 g/mol. The smallest absolute Gasteiger partial charge is 0.306 e. The van der Waals surface area contributed by atoms with Gasteiger partial charge in [0, 0.05) is 19.3 Å². The molecule has 0 spiro atoms. The van der Waals surface area contributed by atoms with Crippen molar-refractivity contribution in [3.63, 3.8) is 0 Å². The molecule has 0 saturated carbocycles. The van der Waals surface area contributed by atoms with Crippen molar-refractivity contribution >= 4 is 17.9 Å². The fraction of sp³-hybridized carbons (Fsp3) is 0.557. The van der Waals surface area contributed by atoms with E-state index in [2.05, 4.69) is 154 Å². The Labute approximate surface area is 410 Å². The lowest BCUT2D eigenvalue weighted by molar-refractivity contribution is -0.166. The molecule has 0 N–H and O–H groups in total. The van der Waals surface area contributed by atoms with Gasteiger partial charge in [-0.2, -0.15) is 0 Å². The van der Waals surface area contributed by atoms with Crippen LogP contribution in [0.3, 0.4) is 0 Å². The maximum Gasteiger partial charge on any atom is 0.306 e. The van der Waals surface area contributed by atoms with E-state index in [1.54, 1.807) is 0 Å².